The summed E-state index contributed by atoms with van der Waals surface area (Å²) >= 11 is 3.15. The molecule has 78 valence electrons. The van der Waals surface area contributed by atoms with Gasteiger partial charge in [-0.3, -0.25) is 0 Å². The molecule has 0 saturated heterocycles. The molecule has 0 aliphatic heterocycles. The fourth-order valence-corrected chi connectivity index (χ4v) is 2.53. The van der Waals surface area contributed by atoms with E-state index in [1.807, 2.05) is 35.0 Å². The van der Waals surface area contributed by atoms with Crippen molar-refractivity contribution in [3.8, 4) is 21.4 Å². The molecule has 0 amide bonds. The van der Waals surface area contributed by atoms with Crippen molar-refractivity contribution in [3.63, 3.8) is 0 Å². The number of aromatic nitrogens is 4. The fourth-order valence-electron chi connectivity index (χ4n) is 1.24. The zero-order valence-electron chi connectivity index (χ0n) is 8.07. The smallest absolute Gasteiger partial charge is 0.140 e. The molecule has 0 spiro atoms. The minimum Gasteiger partial charge on any atom is -0.140 e. The third-order valence-corrected chi connectivity index (χ3v) is 3.69. The molecular weight excluding hydrogens is 240 g/mol. The Kier molecular flexibility index (Phi) is 2.43. The van der Waals surface area contributed by atoms with Gasteiger partial charge in [-0.05, 0) is 22.9 Å². The van der Waals surface area contributed by atoms with Crippen LogP contribution < -0.4 is 0 Å². The second kappa shape index (κ2) is 4.07. The molecule has 0 atom stereocenters. The Hall–Kier alpha value is -1.66. The van der Waals surface area contributed by atoms with Crippen LogP contribution in [0.15, 0.2) is 35.0 Å². The summed E-state index contributed by atoms with van der Waals surface area (Å²) in [5, 5.41) is 20.2. The van der Waals surface area contributed by atoms with Crippen molar-refractivity contribution in [1.29, 1.82) is 0 Å². The average molecular weight is 246 g/mol. The van der Waals surface area contributed by atoms with Gasteiger partial charge in [0, 0.05) is 0 Å². The normalized spacial score (nSPS) is 10.5. The van der Waals surface area contributed by atoms with Gasteiger partial charge in [0.1, 0.15) is 0 Å². The van der Waals surface area contributed by atoms with E-state index in [2.05, 4.69) is 20.4 Å². The molecule has 0 radical (unpaired) electrons. The number of rotatable bonds is 2. The number of hydrogen-bond donors (Lipinski definition) is 0. The Labute approximate surface area is 99.6 Å². The average Bonchev–Trinajstić information content (AvgIpc) is 3.03. The van der Waals surface area contributed by atoms with E-state index in [1.54, 1.807) is 22.7 Å². The maximum absolute atomic E-state index is 4.07. The summed E-state index contributed by atoms with van der Waals surface area (Å²) in [4.78, 5) is 1.97. The lowest BCUT2D eigenvalue weighted by molar-refractivity contribution is 0.881. The van der Waals surface area contributed by atoms with E-state index in [9.17, 15) is 0 Å². The van der Waals surface area contributed by atoms with Crippen molar-refractivity contribution in [2.24, 2.45) is 0 Å². The lowest BCUT2D eigenvalue weighted by Gasteiger charge is -1.95. The van der Waals surface area contributed by atoms with Gasteiger partial charge in [-0.15, -0.1) is 43.1 Å². The van der Waals surface area contributed by atoms with Crippen molar-refractivity contribution >= 4 is 22.7 Å². The van der Waals surface area contributed by atoms with E-state index in [0.29, 0.717) is 11.6 Å². The first-order valence-electron chi connectivity index (χ1n) is 4.58. The summed E-state index contributed by atoms with van der Waals surface area (Å²) in [7, 11) is 0. The largest absolute Gasteiger partial charge is 0.213 e. The van der Waals surface area contributed by atoms with Crippen LogP contribution in [0.2, 0.25) is 0 Å². The molecule has 0 unspecified atom stereocenters. The first-order chi connectivity index (χ1) is 7.93. The van der Waals surface area contributed by atoms with Crippen molar-refractivity contribution in [2.75, 3.05) is 0 Å². The lowest BCUT2D eigenvalue weighted by atomic mass is 10.4. The van der Waals surface area contributed by atoms with Crippen molar-refractivity contribution < 1.29 is 0 Å². The van der Waals surface area contributed by atoms with E-state index in [0.717, 1.165) is 9.75 Å². The van der Waals surface area contributed by atoms with Gasteiger partial charge in [-0.2, -0.15) is 0 Å². The van der Waals surface area contributed by atoms with Crippen molar-refractivity contribution in [3.05, 3.63) is 35.0 Å². The number of thiophene rings is 2. The predicted octanol–water partition coefficient (Wildman–Crippen LogP) is 2.72. The molecule has 0 saturated carbocycles. The second-order valence-corrected chi connectivity index (χ2v) is 4.90. The summed E-state index contributed by atoms with van der Waals surface area (Å²) in [6.45, 7) is 0. The first kappa shape index (κ1) is 9.56. The van der Waals surface area contributed by atoms with Crippen LogP contribution in [0.25, 0.3) is 21.4 Å². The van der Waals surface area contributed by atoms with E-state index in [1.165, 1.54) is 0 Å². The van der Waals surface area contributed by atoms with Gasteiger partial charge in [-0.25, -0.2) is 0 Å². The Morgan fingerprint density at radius 1 is 0.688 bits per heavy atom. The molecule has 3 aromatic rings. The van der Waals surface area contributed by atoms with E-state index < -0.39 is 0 Å². The summed E-state index contributed by atoms with van der Waals surface area (Å²) in [5.41, 5.74) is 0. The predicted molar refractivity (Wildman–Crippen MR) is 64.2 cm³/mol. The molecule has 0 bridgehead atoms. The topological polar surface area (TPSA) is 51.6 Å². The minimum absolute atomic E-state index is 0.579. The Bertz CT molecular complexity index is 504. The molecule has 3 aromatic heterocycles. The highest BCUT2D eigenvalue weighted by Gasteiger charge is 2.07. The van der Waals surface area contributed by atoms with Gasteiger partial charge in [0.2, 0.25) is 11.6 Å². The maximum atomic E-state index is 4.07. The Morgan fingerprint density at radius 3 is 1.44 bits per heavy atom. The molecule has 0 fully saturated rings. The first-order valence-corrected chi connectivity index (χ1v) is 6.34. The van der Waals surface area contributed by atoms with Gasteiger partial charge in [0.25, 0.3) is 0 Å². The highest BCUT2D eigenvalue weighted by Crippen LogP contribution is 2.22. The monoisotopic (exact) mass is 246 g/mol. The summed E-state index contributed by atoms with van der Waals surface area (Å²) in [6, 6.07) is 7.81. The van der Waals surface area contributed by atoms with Crippen molar-refractivity contribution in [2.45, 2.75) is 0 Å². The van der Waals surface area contributed by atoms with Crippen LogP contribution in [0.3, 0.4) is 0 Å². The zero-order chi connectivity index (χ0) is 10.8. The Balaban J connectivity index is 1.97. The molecule has 0 aromatic carbocycles. The van der Waals surface area contributed by atoms with Crippen LogP contribution in [0.5, 0.6) is 0 Å². The number of hydrogen-bond acceptors (Lipinski definition) is 6. The lowest BCUT2D eigenvalue weighted by Crippen LogP contribution is -1.97. The highest BCUT2D eigenvalue weighted by atomic mass is 32.1. The van der Waals surface area contributed by atoms with Gasteiger partial charge in [0.15, 0.2) is 0 Å². The molecule has 3 rings (SSSR count). The quantitative estimate of drug-likeness (QED) is 0.697. The third kappa shape index (κ3) is 1.72. The third-order valence-electron chi connectivity index (χ3n) is 1.96. The molecular formula is C10H6N4S2. The minimum atomic E-state index is 0.579. The molecule has 0 N–H and O–H groups in total. The summed E-state index contributed by atoms with van der Waals surface area (Å²) in [6.07, 6.45) is 0. The standard InChI is InChI=1S/C10H6N4S2/c1-3-7(15-5-1)9-11-13-10(14-12-9)8-4-2-6-16-8/h1-6H. The number of nitrogens with zero attached hydrogens (tertiary/aromatic N) is 4. The van der Waals surface area contributed by atoms with Gasteiger partial charge in [0.05, 0.1) is 9.75 Å². The fraction of sp³-hybridized carbons (Fsp3) is 0. The van der Waals surface area contributed by atoms with E-state index in [-0.39, 0.29) is 0 Å². The van der Waals surface area contributed by atoms with Gasteiger partial charge in [-0.1, -0.05) is 12.1 Å². The Morgan fingerprint density at radius 2 is 1.12 bits per heavy atom. The van der Waals surface area contributed by atoms with Crippen LogP contribution in [-0.4, -0.2) is 20.4 Å². The van der Waals surface area contributed by atoms with Crippen LogP contribution in [0, 0.1) is 0 Å². The van der Waals surface area contributed by atoms with Crippen molar-refractivity contribution in [1.82, 2.24) is 20.4 Å². The van der Waals surface area contributed by atoms with Crippen LogP contribution in [-0.2, 0) is 0 Å². The molecule has 0 aliphatic rings. The highest BCUT2D eigenvalue weighted by molar-refractivity contribution is 7.13. The van der Waals surface area contributed by atoms with Crippen LogP contribution in [0.1, 0.15) is 0 Å². The zero-order valence-corrected chi connectivity index (χ0v) is 9.70. The molecule has 0 aliphatic carbocycles. The van der Waals surface area contributed by atoms with Gasteiger partial charge >= 0.3 is 0 Å². The van der Waals surface area contributed by atoms with Gasteiger partial charge < -0.3 is 0 Å². The SMILES string of the molecule is c1csc(-c2nnc(-c3cccs3)nn2)c1. The van der Waals surface area contributed by atoms with Crippen LogP contribution >= 0.6 is 22.7 Å². The molecule has 4 nitrogen and oxygen atoms in total. The molecule has 6 heteroatoms. The summed E-state index contributed by atoms with van der Waals surface area (Å²) < 4.78 is 0. The second-order valence-electron chi connectivity index (χ2n) is 3.00. The maximum Gasteiger partial charge on any atom is 0.213 e. The molecule has 3 heterocycles. The van der Waals surface area contributed by atoms with E-state index in [4.69, 9.17) is 0 Å². The summed E-state index contributed by atoms with van der Waals surface area (Å²) in [5.74, 6) is 1.16. The molecule has 16 heavy (non-hydrogen) atoms. The van der Waals surface area contributed by atoms with E-state index >= 15 is 0 Å². The van der Waals surface area contributed by atoms with Crippen LogP contribution in [0.4, 0.5) is 0 Å².